The molecular formula is C34H42ClN9. The first-order valence-corrected chi connectivity index (χ1v) is 16.2. The number of nitrogens with zero attached hydrogens (tertiary/aromatic N) is 7. The van der Waals surface area contributed by atoms with Gasteiger partial charge in [0.05, 0.1) is 40.1 Å². The molecule has 2 aromatic carbocycles. The van der Waals surface area contributed by atoms with Crippen LogP contribution in [-0.2, 0) is 0 Å². The number of fused-ring (bicyclic) bond motifs is 1. The molecule has 2 fully saturated rings. The van der Waals surface area contributed by atoms with Gasteiger partial charge in [-0.3, -0.25) is 9.88 Å². The van der Waals surface area contributed by atoms with Crippen LogP contribution in [-0.4, -0.2) is 61.6 Å². The monoisotopic (exact) mass is 611 g/mol. The fourth-order valence-electron chi connectivity index (χ4n) is 6.43. The highest BCUT2D eigenvalue weighted by Crippen LogP contribution is 2.36. The van der Waals surface area contributed by atoms with E-state index < -0.39 is 0 Å². The molecule has 1 atom stereocenters. The average Bonchev–Trinajstić information content (AvgIpc) is 3.37. The predicted molar refractivity (Wildman–Crippen MR) is 177 cm³/mol. The molecular weight excluding hydrogens is 570 g/mol. The number of pyridine rings is 1. The molecule has 0 radical (unpaired) electrons. The van der Waals surface area contributed by atoms with Crippen molar-refractivity contribution in [3.63, 3.8) is 0 Å². The molecule has 0 spiro atoms. The number of piperidine rings is 1. The molecule has 10 heteroatoms. The predicted octanol–water partition coefficient (Wildman–Crippen LogP) is 7.19. The maximum absolute atomic E-state index is 9.99. The molecule has 2 aliphatic heterocycles. The summed E-state index contributed by atoms with van der Waals surface area (Å²) < 4.78 is 2.05. The Kier molecular flexibility index (Phi) is 9.03. The molecule has 0 bridgehead atoms. The summed E-state index contributed by atoms with van der Waals surface area (Å²) in [4.78, 5) is 7.11. The van der Waals surface area contributed by atoms with Crippen molar-refractivity contribution < 1.29 is 0 Å². The van der Waals surface area contributed by atoms with Gasteiger partial charge in [0.15, 0.2) is 0 Å². The van der Waals surface area contributed by atoms with Crippen LogP contribution >= 0.6 is 11.6 Å². The summed E-state index contributed by atoms with van der Waals surface area (Å²) in [6, 6.07) is 16.6. The van der Waals surface area contributed by atoms with Gasteiger partial charge in [0.1, 0.15) is 11.8 Å². The van der Waals surface area contributed by atoms with E-state index in [1.807, 2.05) is 35.0 Å². The molecule has 2 aromatic heterocycles. The van der Waals surface area contributed by atoms with E-state index in [1.54, 1.807) is 6.20 Å². The fraction of sp³-hybridized carbons (Fsp3) is 0.471. The summed E-state index contributed by atoms with van der Waals surface area (Å²) in [6.07, 6.45) is 10.5. The van der Waals surface area contributed by atoms with Crippen LogP contribution in [0.3, 0.4) is 0 Å². The third-order valence-corrected chi connectivity index (χ3v) is 9.26. The molecule has 2 N–H and O–H groups in total. The van der Waals surface area contributed by atoms with E-state index in [1.165, 1.54) is 12.8 Å². The second-order valence-electron chi connectivity index (χ2n) is 13.0. The number of hydrazine groups is 1. The Morgan fingerprint density at radius 3 is 2.41 bits per heavy atom. The second-order valence-corrected chi connectivity index (χ2v) is 13.4. The molecule has 4 heterocycles. The van der Waals surface area contributed by atoms with Gasteiger partial charge in [-0.15, -0.1) is 5.10 Å². The summed E-state index contributed by atoms with van der Waals surface area (Å²) in [7, 11) is 0. The van der Waals surface area contributed by atoms with Crippen molar-refractivity contribution in [2.24, 2.45) is 0 Å². The summed E-state index contributed by atoms with van der Waals surface area (Å²) >= 11 is 6.86. The molecule has 2 saturated heterocycles. The summed E-state index contributed by atoms with van der Waals surface area (Å²) in [5.74, 6) is 0. The number of likely N-dealkylation sites (tertiary alicyclic amines) is 1. The molecule has 0 amide bonds. The van der Waals surface area contributed by atoms with Gasteiger partial charge >= 0.3 is 0 Å². The largest absolute Gasteiger partial charge is 0.373 e. The van der Waals surface area contributed by atoms with Crippen molar-refractivity contribution in [1.82, 2.24) is 29.9 Å². The lowest BCUT2D eigenvalue weighted by Crippen LogP contribution is -2.46. The number of nitriles is 1. The van der Waals surface area contributed by atoms with Gasteiger partial charge < -0.3 is 10.7 Å². The number of halogens is 1. The van der Waals surface area contributed by atoms with Gasteiger partial charge in [0, 0.05) is 49.0 Å². The van der Waals surface area contributed by atoms with Crippen LogP contribution in [0.5, 0.6) is 0 Å². The smallest absolute Gasteiger partial charge is 0.109 e. The molecule has 0 saturated carbocycles. The molecule has 230 valence electrons. The van der Waals surface area contributed by atoms with Crippen LogP contribution in [0.15, 0.2) is 54.9 Å². The standard InChI is InChI=1S/C34H42ClN9/c1-34(2,3)42-17-13-27(14-18-42)44-23-30(39-41-44)32(24-11-7-6-8-12-24)38-26-19-28-31(40-43-15-9-4-5-10-16-43)25(21-36)22-37-33(28)29(35)20-26/h6-8,11-12,19-20,22-23,27,32,38H,4-5,9-10,13-18H2,1-3H3,(H,37,40)/t32-/m0/s1. The first kappa shape index (κ1) is 30.3. The molecule has 4 aromatic rings. The number of aromatic nitrogens is 4. The van der Waals surface area contributed by atoms with Crippen LogP contribution in [0.25, 0.3) is 10.9 Å². The normalized spacial score (nSPS) is 18.1. The molecule has 44 heavy (non-hydrogen) atoms. The van der Waals surface area contributed by atoms with Crippen molar-refractivity contribution in [3.05, 3.63) is 76.7 Å². The van der Waals surface area contributed by atoms with E-state index in [0.29, 0.717) is 22.1 Å². The number of benzene rings is 2. The van der Waals surface area contributed by atoms with Crippen molar-refractivity contribution in [2.45, 2.75) is 76.9 Å². The van der Waals surface area contributed by atoms with Gasteiger partial charge in [0.2, 0.25) is 0 Å². The lowest BCUT2D eigenvalue weighted by molar-refractivity contribution is 0.0866. The van der Waals surface area contributed by atoms with Crippen molar-refractivity contribution in [3.8, 4) is 6.07 Å². The highest BCUT2D eigenvalue weighted by Gasteiger charge is 2.29. The highest BCUT2D eigenvalue weighted by atomic mass is 35.5. The highest BCUT2D eigenvalue weighted by molar-refractivity contribution is 6.35. The Morgan fingerprint density at radius 1 is 1.00 bits per heavy atom. The number of hydrogen-bond donors (Lipinski definition) is 2. The van der Waals surface area contributed by atoms with Gasteiger partial charge in [-0.05, 0) is 64.2 Å². The zero-order valence-corrected chi connectivity index (χ0v) is 26.7. The number of nitrogens with one attached hydrogen (secondary N) is 2. The molecule has 9 nitrogen and oxygen atoms in total. The van der Waals surface area contributed by atoms with Crippen molar-refractivity contribution in [1.29, 1.82) is 5.26 Å². The maximum atomic E-state index is 9.99. The maximum Gasteiger partial charge on any atom is 0.109 e. The number of rotatable bonds is 7. The minimum absolute atomic E-state index is 0.175. The van der Waals surface area contributed by atoms with Gasteiger partial charge in [0.25, 0.3) is 0 Å². The van der Waals surface area contributed by atoms with Gasteiger partial charge in [-0.2, -0.15) is 5.26 Å². The van der Waals surface area contributed by atoms with E-state index in [-0.39, 0.29) is 11.6 Å². The van der Waals surface area contributed by atoms with Crippen LogP contribution in [0.1, 0.15) is 88.2 Å². The third-order valence-electron chi connectivity index (χ3n) is 8.98. The SMILES string of the molecule is CC(C)(C)N1CCC(n2cc([C@@H](Nc3cc(Cl)c4ncc(C#N)c(NN5CCCCCC5)c4c3)c3ccccc3)nn2)CC1. The lowest BCUT2D eigenvalue weighted by atomic mass is 9.98. The third kappa shape index (κ3) is 6.68. The fourth-order valence-corrected chi connectivity index (χ4v) is 6.70. The Hall–Kier alpha value is -3.71. The molecule has 0 unspecified atom stereocenters. The minimum atomic E-state index is -0.248. The van der Waals surface area contributed by atoms with Gasteiger partial charge in [-0.1, -0.05) is 60.0 Å². The van der Waals surface area contributed by atoms with Crippen LogP contribution < -0.4 is 10.7 Å². The Balaban J connectivity index is 1.32. The van der Waals surface area contributed by atoms with Crippen LogP contribution in [0.4, 0.5) is 11.4 Å². The van der Waals surface area contributed by atoms with E-state index in [9.17, 15) is 5.26 Å². The summed E-state index contributed by atoms with van der Waals surface area (Å²) in [6.45, 7) is 10.8. The number of hydrogen-bond acceptors (Lipinski definition) is 8. The average molecular weight is 612 g/mol. The van der Waals surface area contributed by atoms with Crippen LogP contribution in [0.2, 0.25) is 5.02 Å². The van der Waals surface area contributed by atoms with Crippen molar-refractivity contribution in [2.75, 3.05) is 36.9 Å². The summed E-state index contributed by atoms with van der Waals surface area (Å²) in [5.41, 5.74) is 8.38. The van der Waals surface area contributed by atoms with Crippen molar-refractivity contribution >= 4 is 33.9 Å². The molecule has 6 rings (SSSR count). The first-order chi connectivity index (χ1) is 21.3. The zero-order chi connectivity index (χ0) is 30.7. The Labute approximate surface area is 265 Å². The van der Waals surface area contributed by atoms with E-state index in [4.69, 9.17) is 11.6 Å². The lowest BCUT2D eigenvalue weighted by Gasteiger charge is -2.40. The topological polar surface area (TPSA) is 97.9 Å². The Morgan fingerprint density at radius 2 is 1.73 bits per heavy atom. The quantitative estimate of drug-likeness (QED) is 0.227. The first-order valence-electron chi connectivity index (χ1n) is 15.8. The second kappa shape index (κ2) is 13.1. The number of anilines is 2. The van der Waals surface area contributed by atoms with E-state index in [2.05, 4.69) is 81.1 Å². The zero-order valence-electron chi connectivity index (χ0n) is 25.9. The Bertz CT molecular complexity index is 1610. The van der Waals surface area contributed by atoms with E-state index >= 15 is 0 Å². The van der Waals surface area contributed by atoms with Gasteiger partial charge in [-0.25, -0.2) is 9.69 Å². The molecule has 0 aliphatic carbocycles. The van der Waals surface area contributed by atoms with E-state index in [0.717, 1.165) is 79.9 Å². The molecule has 2 aliphatic rings. The van der Waals surface area contributed by atoms with Crippen LogP contribution in [0, 0.1) is 11.3 Å². The minimum Gasteiger partial charge on any atom is -0.373 e. The summed E-state index contributed by atoms with van der Waals surface area (Å²) in [5, 5.41) is 26.5.